The molecule has 1 aliphatic heterocycles. The fourth-order valence-electron chi connectivity index (χ4n) is 2.26. The molecule has 0 radical (unpaired) electrons. The zero-order chi connectivity index (χ0) is 11.8. The molecule has 5 heteroatoms. The molecule has 0 bridgehead atoms. The molecule has 0 aliphatic carbocycles. The number of carboxylic acid groups (broad SMARTS) is 1. The summed E-state index contributed by atoms with van der Waals surface area (Å²) in [5.74, 6) is -0.809. The van der Waals surface area contributed by atoms with Gasteiger partial charge >= 0.3 is 5.97 Å². The number of carboxylic acids is 1. The number of aliphatic carboxylic acids is 1. The number of carbonyl (C=O) groups is 1. The third kappa shape index (κ3) is 6.86. The minimum atomic E-state index is -0.648. The summed E-state index contributed by atoms with van der Waals surface area (Å²) in [4.78, 5) is 13.1. The molecule has 4 nitrogen and oxygen atoms in total. The Kier molecular flexibility index (Phi) is 9.50. The topological polar surface area (TPSA) is 60.8 Å². The van der Waals surface area contributed by atoms with Gasteiger partial charge in [-0.25, -0.2) is 0 Å². The molecule has 0 spiro atoms. The first-order chi connectivity index (χ1) is 7.74. The van der Waals surface area contributed by atoms with Crippen LogP contribution in [0, 0.1) is 5.92 Å². The van der Waals surface area contributed by atoms with Crippen molar-refractivity contribution >= 4 is 18.4 Å². The van der Waals surface area contributed by atoms with Gasteiger partial charge in [-0.2, -0.15) is 0 Å². The van der Waals surface area contributed by atoms with Gasteiger partial charge in [0.2, 0.25) is 0 Å². The molecule has 1 heterocycles. The van der Waals surface area contributed by atoms with E-state index in [4.69, 9.17) is 10.2 Å². The van der Waals surface area contributed by atoms with Gasteiger partial charge in [-0.1, -0.05) is 12.8 Å². The third-order valence-corrected chi connectivity index (χ3v) is 3.24. The lowest BCUT2D eigenvalue weighted by molar-refractivity contribution is -0.143. The van der Waals surface area contributed by atoms with E-state index in [1.165, 1.54) is 0 Å². The van der Waals surface area contributed by atoms with Crippen molar-refractivity contribution in [3.05, 3.63) is 0 Å². The quantitative estimate of drug-likeness (QED) is 0.689. The lowest BCUT2D eigenvalue weighted by Crippen LogP contribution is -2.39. The second kappa shape index (κ2) is 9.68. The first kappa shape index (κ1) is 16.7. The minimum Gasteiger partial charge on any atom is -0.481 e. The minimum absolute atomic E-state index is 0. The normalized spacial score (nSPS) is 20.9. The van der Waals surface area contributed by atoms with E-state index in [2.05, 4.69) is 4.90 Å². The van der Waals surface area contributed by atoms with E-state index < -0.39 is 5.97 Å². The van der Waals surface area contributed by atoms with E-state index in [0.717, 1.165) is 58.2 Å². The fraction of sp³-hybridized carbons (Fsp3) is 0.917. The van der Waals surface area contributed by atoms with Gasteiger partial charge in [0, 0.05) is 13.2 Å². The number of rotatable bonds is 7. The summed E-state index contributed by atoms with van der Waals surface area (Å²) in [6.45, 7) is 3.05. The summed E-state index contributed by atoms with van der Waals surface area (Å²) in [7, 11) is 0. The zero-order valence-corrected chi connectivity index (χ0v) is 11.1. The van der Waals surface area contributed by atoms with E-state index in [1.807, 2.05) is 0 Å². The van der Waals surface area contributed by atoms with Crippen molar-refractivity contribution in [2.24, 2.45) is 5.92 Å². The summed E-state index contributed by atoms with van der Waals surface area (Å²) in [5.41, 5.74) is 0. The Morgan fingerprint density at radius 3 is 2.59 bits per heavy atom. The van der Waals surface area contributed by atoms with Gasteiger partial charge in [0.1, 0.15) is 0 Å². The molecule has 17 heavy (non-hydrogen) atoms. The molecule has 1 unspecified atom stereocenters. The Labute approximate surface area is 109 Å². The van der Waals surface area contributed by atoms with Crippen LogP contribution in [0.25, 0.3) is 0 Å². The van der Waals surface area contributed by atoms with Crippen LogP contribution < -0.4 is 0 Å². The summed E-state index contributed by atoms with van der Waals surface area (Å²) in [6, 6.07) is 0. The van der Waals surface area contributed by atoms with Crippen LogP contribution in [0.5, 0.6) is 0 Å². The maximum atomic E-state index is 10.9. The number of aliphatic hydroxyl groups excluding tert-OH is 1. The van der Waals surface area contributed by atoms with Crippen LogP contribution in [0.1, 0.15) is 38.5 Å². The van der Waals surface area contributed by atoms with Crippen LogP contribution in [-0.2, 0) is 4.79 Å². The standard InChI is InChI=1S/C12H23NO3.ClH/c14-9-4-2-1-3-7-13-8-5-6-11(10-13)12(15)16;/h11,14H,1-10H2,(H,15,16);1H. The lowest BCUT2D eigenvalue weighted by Gasteiger charge is -2.30. The Morgan fingerprint density at radius 1 is 1.24 bits per heavy atom. The van der Waals surface area contributed by atoms with Crippen molar-refractivity contribution < 1.29 is 15.0 Å². The van der Waals surface area contributed by atoms with Crippen LogP contribution >= 0.6 is 12.4 Å². The fourth-order valence-corrected chi connectivity index (χ4v) is 2.26. The Balaban J connectivity index is 0.00000256. The van der Waals surface area contributed by atoms with Gasteiger partial charge in [0.15, 0.2) is 0 Å². The number of nitrogens with zero attached hydrogens (tertiary/aromatic N) is 1. The van der Waals surface area contributed by atoms with Crippen LogP contribution in [0.15, 0.2) is 0 Å². The van der Waals surface area contributed by atoms with Crippen molar-refractivity contribution in [2.45, 2.75) is 38.5 Å². The molecule has 1 rings (SSSR count). The highest BCUT2D eigenvalue weighted by atomic mass is 35.5. The van der Waals surface area contributed by atoms with E-state index in [1.54, 1.807) is 0 Å². The number of likely N-dealkylation sites (tertiary alicyclic amines) is 1. The van der Waals surface area contributed by atoms with Crippen LogP contribution in [0.4, 0.5) is 0 Å². The molecule has 0 aromatic rings. The first-order valence-electron chi connectivity index (χ1n) is 6.30. The number of hydrogen-bond donors (Lipinski definition) is 2. The van der Waals surface area contributed by atoms with Gasteiger partial charge in [0.05, 0.1) is 5.92 Å². The molecule has 1 atom stereocenters. The monoisotopic (exact) mass is 265 g/mol. The van der Waals surface area contributed by atoms with Crippen LogP contribution in [0.2, 0.25) is 0 Å². The van der Waals surface area contributed by atoms with E-state index in [9.17, 15) is 4.79 Å². The molecule has 1 saturated heterocycles. The molecular formula is C12H24ClNO3. The number of halogens is 1. The predicted octanol–water partition coefficient (Wildman–Crippen LogP) is 1.76. The van der Waals surface area contributed by atoms with Gasteiger partial charge in [-0.15, -0.1) is 12.4 Å². The number of unbranched alkanes of at least 4 members (excludes halogenated alkanes) is 3. The molecular weight excluding hydrogens is 242 g/mol. The SMILES string of the molecule is Cl.O=C(O)C1CCCN(CCCCCCO)C1. The second-order valence-electron chi connectivity index (χ2n) is 4.62. The zero-order valence-electron chi connectivity index (χ0n) is 10.3. The third-order valence-electron chi connectivity index (χ3n) is 3.24. The number of piperidine rings is 1. The van der Waals surface area contributed by atoms with Gasteiger partial charge in [-0.05, 0) is 38.8 Å². The van der Waals surface area contributed by atoms with Gasteiger partial charge < -0.3 is 15.1 Å². The maximum Gasteiger partial charge on any atom is 0.307 e. The molecule has 0 amide bonds. The van der Waals surface area contributed by atoms with Crippen molar-refractivity contribution in [1.29, 1.82) is 0 Å². The summed E-state index contributed by atoms with van der Waals surface area (Å²) in [6.07, 6.45) is 6.05. The van der Waals surface area contributed by atoms with Crippen molar-refractivity contribution in [1.82, 2.24) is 4.90 Å². The van der Waals surface area contributed by atoms with Crippen LogP contribution in [-0.4, -0.2) is 47.3 Å². The molecule has 2 N–H and O–H groups in total. The van der Waals surface area contributed by atoms with Crippen molar-refractivity contribution in [3.8, 4) is 0 Å². The Hall–Kier alpha value is -0.320. The molecule has 102 valence electrons. The highest BCUT2D eigenvalue weighted by Gasteiger charge is 2.24. The Bertz CT molecular complexity index is 214. The van der Waals surface area contributed by atoms with Crippen molar-refractivity contribution in [3.63, 3.8) is 0 Å². The van der Waals surface area contributed by atoms with Crippen molar-refractivity contribution in [2.75, 3.05) is 26.2 Å². The van der Waals surface area contributed by atoms with E-state index in [-0.39, 0.29) is 24.9 Å². The Morgan fingerprint density at radius 2 is 1.94 bits per heavy atom. The lowest BCUT2D eigenvalue weighted by atomic mass is 9.98. The van der Waals surface area contributed by atoms with Crippen LogP contribution in [0.3, 0.4) is 0 Å². The maximum absolute atomic E-state index is 10.9. The highest BCUT2D eigenvalue weighted by Crippen LogP contribution is 2.17. The largest absolute Gasteiger partial charge is 0.481 e. The summed E-state index contributed by atoms with van der Waals surface area (Å²) >= 11 is 0. The molecule has 1 aliphatic rings. The number of aliphatic hydroxyl groups is 1. The number of hydrogen-bond acceptors (Lipinski definition) is 3. The van der Waals surface area contributed by atoms with E-state index in [0.29, 0.717) is 0 Å². The second-order valence-corrected chi connectivity index (χ2v) is 4.62. The average Bonchev–Trinajstić information content (AvgIpc) is 2.29. The summed E-state index contributed by atoms with van der Waals surface area (Å²) in [5, 5.41) is 17.6. The summed E-state index contributed by atoms with van der Waals surface area (Å²) < 4.78 is 0. The van der Waals surface area contributed by atoms with E-state index >= 15 is 0 Å². The molecule has 1 fully saturated rings. The predicted molar refractivity (Wildman–Crippen MR) is 69.6 cm³/mol. The smallest absolute Gasteiger partial charge is 0.307 e. The molecule has 0 aromatic carbocycles. The van der Waals surface area contributed by atoms with Gasteiger partial charge in [-0.3, -0.25) is 4.79 Å². The van der Waals surface area contributed by atoms with Gasteiger partial charge in [0.25, 0.3) is 0 Å². The highest BCUT2D eigenvalue weighted by molar-refractivity contribution is 5.85. The average molecular weight is 266 g/mol. The first-order valence-corrected chi connectivity index (χ1v) is 6.30. The molecule has 0 aromatic heterocycles. The molecule has 0 saturated carbocycles.